The second-order valence-corrected chi connectivity index (χ2v) is 12.2. The number of benzene rings is 2. The molecule has 0 N–H and O–H groups in total. The topological polar surface area (TPSA) is 69.9 Å². The van der Waals surface area contributed by atoms with Crippen molar-refractivity contribution in [1.82, 2.24) is 4.57 Å². The van der Waals surface area contributed by atoms with Crippen LogP contribution in [-0.4, -0.2) is 23.4 Å². The molecule has 2 aliphatic rings. The predicted octanol–water partition coefficient (Wildman–Crippen LogP) is 5.87. The van der Waals surface area contributed by atoms with E-state index < -0.39 is 12.0 Å². The molecule has 2 heterocycles. The van der Waals surface area contributed by atoms with Crippen molar-refractivity contribution in [2.75, 3.05) is 12.9 Å². The first-order chi connectivity index (χ1) is 19.4. The van der Waals surface area contributed by atoms with Gasteiger partial charge in [0.1, 0.15) is 12.4 Å². The Balaban J connectivity index is 1.47. The van der Waals surface area contributed by atoms with Crippen LogP contribution < -0.4 is 14.9 Å². The van der Waals surface area contributed by atoms with E-state index in [9.17, 15) is 9.59 Å². The van der Waals surface area contributed by atoms with Crippen molar-refractivity contribution >= 4 is 51.1 Å². The third kappa shape index (κ3) is 5.96. The number of hydrogen-bond acceptors (Lipinski definition) is 7. The first-order valence-corrected chi connectivity index (χ1v) is 15.8. The van der Waals surface area contributed by atoms with Crippen LogP contribution in [0.1, 0.15) is 37.4 Å². The molecule has 0 saturated heterocycles. The van der Waals surface area contributed by atoms with Gasteiger partial charge in [-0.3, -0.25) is 9.36 Å². The van der Waals surface area contributed by atoms with Gasteiger partial charge in [0.15, 0.2) is 4.80 Å². The molecule has 0 spiro atoms. The molecule has 0 bridgehead atoms. The number of esters is 1. The summed E-state index contributed by atoms with van der Waals surface area (Å²) in [4.78, 5) is 33.3. The average molecular weight is 638 g/mol. The lowest BCUT2D eigenvalue weighted by Crippen LogP contribution is -2.40. The summed E-state index contributed by atoms with van der Waals surface area (Å²) >= 11 is 6.66. The summed E-state index contributed by atoms with van der Waals surface area (Å²) in [5.74, 6) is 0.340. The number of allylic oxidation sites excluding steroid dienone is 4. The molecule has 206 valence electrons. The number of hydrogen-bond donors (Lipinski definition) is 0. The van der Waals surface area contributed by atoms with E-state index in [1.807, 2.05) is 73.0 Å². The number of nitrogens with zero attached hydrogens (tertiary/aromatic N) is 2. The van der Waals surface area contributed by atoms with Crippen LogP contribution in [0.5, 0.6) is 0 Å². The Hall–Kier alpha value is -3.14. The summed E-state index contributed by atoms with van der Waals surface area (Å²) in [5.41, 5.74) is 2.72. The zero-order chi connectivity index (χ0) is 28.2. The number of halogens is 1. The molecular weight excluding hydrogens is 608 g/mol. The van der Waals surface area contributed by atoms with Gasteiger partial charge < -0.3 is 9.47 Å². The highest BCUT2D eigenvalue weighted by atomic mass is 79.9. The van der Waals surface area contributed by atoms with Gasteiger partial charge in [0.2, 0.25) is 0 Å². The fourth-order valence-corrected chi connectivity index (χ4v) is 6.88. The molecule has 0 radical (unpaired) electrons. The summed E-state index contributed by atoms with van der Waals surface area (Å²) in [7, 11) is 0. The van der Waals surface area contributed by atoms with Crippen LogP contribution in [-0.2, 0) is 20.9 Å². The van der Waals surface area contributed by atoms with Gasteiger partial charge in [-0.1, -0.05) is 81.9 Å². The van der Waals surface area contributed by atoms with E-state index in [0.29, 0.717) is 33.6 Å². The van der Waals surface area contributed by atoms with E-state index in [1.165, 1.54) is 11.3 Å². The minimum absolute atomic E-state index is 0.00440. The zero-order valence-corrected chi connectivity index (χ0v) is 25.6. The Kier molecular flexibility index (Phi) is 8.93. The van der Waals surface area contributed by atoms with Crippen LogP contribution in [0.4, 0.5) is 0 Å². The van der Waals surface area contributed by atoms with E-state index in [1.54, 1.807) is 30.2 Å². The standard InChI is InChI=1S/C31H29BrN2O4S2/c1-4-37-30(36)27-19(2)33-31-34(28(27)22-11-13-23(39-3)14-12-22)29(35)26(40-31)17-21-10-15-25(24(32)16-21)38-18-20-8-6-5-7-9-20/h5-15,17,21,28H,4,16,18H2,1-3H3/b26-17-/t21-,28+/m0/s1. The Labute approximate surface area is 249 Å². The van der Waals surface area contributed by atoms with Gasteiger partial charge in [-0.05, 0) is 55.9 Å². The number of carbonyl (C=O) groups is 1. The van der Waals surface area contributed by atoms with E-state index in [2.05, 4.69) is 27.0 Å². The number of thiazole rings is 1. The molecule has 6 nitrogen and oxygen atoms in total. The monoisotopic (exact) mass is 636 g/mol. The van der Waals surface area contributed by atoms with E-state index in [0.717, 1.165) is 26.3 Å². The van der Waals surface area contributed by atoms with Gasteiger partial charge in [-0.2, -0.15) is 0 Å². The molecule has 5 rings (SSSR count). The maximum absolute atomic E-state index is 13.9. The van der Waals surface area contributed by atoms with Crippen molar-refractivity contribution in [2.45, 2.75) is 37.8 Å². The molecule has 0 saturated carbocycles. The molecule has 0 fully saturated rings. The molecule has 9 heteroatoms. The Morgan fingerprint density at radius 3 is 2.62 bits per heavy atom. The lowest BCUT2D eigenvalue weighted by Gasteiger charge is -2.24. The molecule has 2 aromatic carbocycles. The Bertz CT molecular complexity index is 1690. The van der Waals surface area contributed by atoms with E-state index in [4.69, 9.17) is 9.47 Å². The third-order valence-corrected chi connectivity index (χ3v) is 9.19. The van der Waals surface area contributed by atoms with Crippen molar-refractivity contribution in [3.63, 3.8) is 0 Å². The second-order valence-electron chi connectivity index (χ2n) is 9.37. The molecular formula is C31H29BrN2O4S2. The van der Waals surface area contributed by atoms with Crippen LogP contribution in [0.3, 0.4) is 0 Å². The van der Waals surface area contributed by atoms with Gasteiger partial charge in [-0.25, -0.2) is 9.79 Å². The smallest absolute Gasteiger partial charge is 0.338 e. The van der Waals surface area contributed by atoms with Crippen molar-refractivity contribution < 1.29 is 14.3 Å². The minimum atomic E-state index is -0.611. The normalized spacial score (nSPS) is 18.9. The van der Waals surface area contributed by atoms with E-state index in [-0.39, 0.29) is 18.1 Å². The van der Waals surface area contributed by atoms with Crippen LogP contribution in [0.25, 0.3) is 6.08 Å². The number of carbonyl (C=O) groups excluding carboxylic acids is 1. The number of thioether (sulfide) groups is 1. The van der Waals surface area contributed by atoms with Crippen LogP contribution in [0, 0.1) is 5.92 Å². The summed E-state index contributed by atoms with van der Waals surface area (Å²) < 4.78 is 14.6. The highest BCUT2D eigenvalue weighted by Gasteiger charge is 2.33. The Morgan fingerprint density at radius 1 is 1.20 bits per heavy atom. The molecule has 1 aromatic heterocycles. The average Bonchev–Trinajstić information content (AvgIpc) is 3.26. The van der Waals surface area contributed by atoms with Crippen molar-refractivity contribution in [1.29, 1.82) is 0 Å². The van der Waals surface area contributed by atoms with Crippen molar-refractivity contribution in [2.24, 2.45) is 10.9 Å². The van der Waals surface area contributed by atoms with Gasteiger partial charge >= 0.3 is 5.97 Å². The van der Waals surface area contributed by atoms with Crippen molar-refractivity contribution in [3.05, 3.63) is 119 Å². The number of rotatable bonds is 8. The molecule has 40 heavy (non-hydrogen) atoms. The molecule has 2 atom stereocenters. The van der Waals surface area contributed by atoms with Gasteiger partial charge in [0, 0.05) is 15.3 Å². The molecule has 0 unspecified atom stereocenters. The lowest BCUT2D eigenvalue weighted by atomic mass is 9.96. The van der Waals surface area contributed by atoms with Crippen molar-refractivity contribution in [3.8, 4) is 0 Å². The summed E-state index contributed by atoms with van der Waals surface area (Å²) in [6, 6.07) is 17.4. The lowest BCUT2D eigenvalue weighted by molar-refractivity contribution is -0.139. The Morgan fingerprint density at radius 2 is 1.95 bits per heavy atom. The predicted molar refractivity (Wildman–Crippen MR) is 164 cm³/mol. The second kappa shape index (κ2) is 12.6. The fraction of sp³-hybridized carbons (Fsp3) is 0.258. The SMILES string of the molecule is CCOC(=O)C1=C(C)N=c2s/c(=C\[C@H]3C=CC(OCc4ccccc4)=C(Br)C3)c(=O)n2[C@@H]1c1ccc(SC)cc1. The highest BCUT2D eigenvalue weighted by Crippen LogP contribution is 2.32. The van der Waals surface area contributed by atoms with Crippen LogP contribution in [0.2, 0.25) is 0 Å². The minimum Gasteiger partial charge on any atom is -0.488 e. The highest BCUT2D eigenvalue weighted by molar-refractivity contribution is 9.11. The number of ether oxygens (including phenoxy) is 2. The quantitative estimate of drug-likeness (QED) is 0.228. The van der Waals surface area contributed by atoms with E-state index >= 15 is 0 Å². The maximum atomic E-state index is 13.9. The first kappa shape index (κ1) is 28.4. The largest absolute Gasteiger partial charge is 0.488 e. The summed E-state index contributed by atoms with van der Waals surface area (Å²) in [6.07, 6.45) is 8.67. The number of aromatic nitrogens is 1. The molecule has 3 aromatic rings. The third-order valence-electron chi connectivity index (χ3n) is 6.73. The van der Waals surface area contributed by atoms with Gasteiger partial charge in [0.25, 0.3) is 5.56 Å². The zero-order valence-electron chi connectivity index (χ0n) is 22.4. The molecule has 0 amide bonds. The molecule has 1 aliphatic heterocycles. The number of fused-ring (bicyclic) bond motifs is 1. The van der Waals surface area contributed by atoms with Crippen LogP contribution in [0.15, 0.2) is 103 Å². The maximum Gasteiger partial charge on any atom is 0.338 e. The fourth-order valence-electron chi connectivity index (χ4n) is 4.75. The van der Waals surface area contributed by atoms with Crippen LogP contribution >= 0.6 is 39.0 Å². The summed E-state index contributed by atoms with van der Waals surface area (Å²) in [6.45, 7) is 4.30. The van der Waals surface area contributed by atoms with Gasteiger partial charge in [0.05, 0.1) is 28.5 Å². The summed E-state index contributed by atoms with van der Waals surface area (Å²) in [5, 5.41) is 0. The van der Waals surface area contributed by atoms with Gasteiger partial charge in [-0.15, -0.1) is 11.8 Å². The first-order valence-electron chi connectivity index (χ1n) is 13.0. The molecule has 1 aliphatic carbocycles.